The van der Waals surface area contributed by atoms with E-state index >= 15 is 0 Å². The van der Waals surface area contributed by atoms with E-state index in [-0.39, 0.29) is 32.1 Å². The number of thiazole rings is 1. The van der Waals surface area contributed by atoms with Gasteiger partial charge in [-0.25, -0.2) is 0 Å². The predicted octanol–water partition coefficient (Wildman–Crippen LogP) is 4.45. The van der Waals surface area contributed by atoms with Crippen LogP contribution in [0.25, 0.3) is 0 Å². The van der Waals surface area contributed by atoms with Gasteiger partial charge in [0.25, 0.3) is 0 Å². The average Bonchev–Trinajstić information content (AvgIpc) is 3.13. The Morgan fingerprint density at radius 3 is 2.44 bits per heavy atom. The standard InChI is InChI=1S/C25H34N2O6S3/c1-17(28)34-15-12-21(35-18(2)29)6-4-5-7-23(30)27(3)13-14-33-20-10-8-19(9-11-20)16-22-24(31)26-25(32)36-22/h8-11,21,31H,4-7,12-16H2,1-3H3,(H,26,32). The van der Waals surface area contributed by atoms with Gasteiger partial charge in [-0.1, -0.05) is 53.4 Å². The number of benzene rings is 1. The Kier molecular flexibility index (Phi) is 13.1. The molecule has 0 spiro atoms. The monoisotopic (exact) mass is 554 g/mol. The average molecular weight is 555 g/mol. The number of ether oxygens (including phenoxy) is 1. The molecule has 2 rings (SSSR count). The highest BCUT2D eigenvalue weighted by Crippen LogP contribution is 2.24. The quantitative estimate of drug-likeness (QED) is 0.310. The Labute approximate surface area is 224 Å². The molecule has 36 heavy (non-hydrogen) atoms. The predicted molar refractivity (Wildman–Crippen MR) is 147 cm³/mol. The van der Waals surface area contributed by atoms with Crippen molar-refractivity contribution in [2.75, 3.05) is 26.0 Å². The van der Waals surface area contributed by atoms with Crippen molar-refractivity contribution in [3.05, 3.63) is 44.4 Å². The van der Waals surface area contributed by atoms with Crippen molar-refractivity contribution in [3.63, 3.8) is 0 Å². The lowest BCUT2D eigenvalue weighted by Crippen LogP contribution is -2.30. The van der Waals surface area contributed by atoms with Gasteiger partial charge in [-0.15, -0.1) is 0 Å². The maximum absolute atomic E-state index is 12.4. The molecule has 0 saturated carbocycles. The molecule has 198 valence electrons. The summed E-state index contributed by atoms with van der Waals surface area (Å²) in [6, 6.07) is 7.41. The number of aromatic amines is 1. The van der Waals surface area contributed by atoms with Crippen molar-refractivity contribution in [2.45, 2.75) is 57.6 Å². The first-order chi connectivity index (χ1) is 17.1. The third-order valence-corrected chi connectivity index (χ3v) is 8.21. The third kappa shape index (κ3) is 11.7. The van der Waals surface area contributed by atoms with Gasteiger partial charge in [0.1, 0.15) is 12.4 Å². The molecule has 0 aliphatic rings. The minimum atomic E-state index is -0.280. The second kappa shape index (κ2) is 15.8. The van der Waals surface area contributed by atoms with Crippen LogP contribution in [0.3, 0.4) is 0 Å². The number of likely N-dealkylation sites (N-methyl/N-ethyl adjacent to an activating group) is 1. The highest BCUT2D eigenvalue weighted by Gasteiger charge is 2.14. The first-order valence-electron chi connectivity index (χ1n) is 11.8. The van der Waals surface area contributed by atoms with E-state index in [1.807, 2.05) is 24.3 Å². The number of nitrogens with one attached hydrogen (secondary N) is 1. The molecule has 1 aromatic heterocycles. The number of carbonyl (C=O) groups is 3. The molecule has 1 unspecified atom stereocenters. The van der Waals surface area contributed by atoms with E-state index in [0.717, 1.165) is 42.6 Å². The van der Waals surface area contributed by atoms with Gasteiger partial charge in [0, 0.05) is 44.7 Å². The van der Waals surface area contributed by atoms with Crippen LogP contribution in [0.1, 0.15) is 56.4 Å². The van der Waals surface area contributed by atoms with Gasteiger partial charge in [-0.2, -0.15) is 0 Å². The highest BCUT2D eigenvalue weighted by atomic mass is 32.2. The van der Waals surface area contributed by atoms with Crippen molar-refractivity contribution in [3.8, 4) is 11.6 Å². The summed E-state index contributed by atoms with van der Waals surface area (Å²) in [6.07, 6.45) is 4.17. The molecule has 1 atom stereocenters. The number of amides is 1. The number of hydrogen-bond acceptors (Lipinski definition) is 9. The Bertz CT molecular complexity index is 1050. The number of H-pyrrole nitrogens is 1. The molecule has 0 fully saturated rings. The van der Waals surface area contributed by atoms with E-state index in [9.17, 15) is 24.3 Å². The number of thioether (sulfide) groups is 2. The number of hydrogen-bond donors (Lipinski definition) is 2. The summed E-state index contributed by atoms with van der Waals surface area (Å²) in [5, 5.41) is 10.1. The van der Waals surface area contributed by atoms with E-state index < -0.39 is 0 Å². The molecule has 1 amide bonds. The van der Waals surface area contributed by atoms with Gasteiger partial charge in [0.05, 0.1) is 11.4 Å². The number of aromatic nitrogens is 1. The fraction of sp³-hybridized carbons (Fsp3) is 0.520. The van der Waals surface area contributed by atoms with Crippen LogP contribution in [0.2, 0.25) is 0 Å². The SMILES string of the molecule is CC(=O)SCCC(CCCCC(=O)N(C)CCOc1ccc(Cc2sc(=O)[nH]c2O)cc1)SC(C)=O. The van der Waals surface area contributed by atoms with E-state index in [1.165, 1.54) is 23.5 Å². The van der Waals surface area contributed by atoms with Gasteiger partial charge in [-0.3, -0.25) is 24.2 Å². The van der Waals surface area contributed by atoms with Gasteiger partial charge in [0.15, 0.2) is 10.2 Å². The Morgan fingerprint density at radius 2 is 1.83 bits per heavy atom. The molecule has 2 aromatic rings. The normalized spacial score (nSPS) is 11.8. The molecule has 0 aliphatic heterocycles. The fourth-order valence-electron chi connectivity index (χ4n) is 3.46. The van der Waals surface area contributed by atoms with Crippen molar-refractivity contribution in [1.82, 2.24) is 9.88 Å². The minimum Gasteiger partial charge on any atom is -0.494 e. The van der Waals surface area contributed by atoms with Crippen molar-refractivity contribution < 1.29 is 24.2 Å². The highest BCUT2D eigenvalue weighted by molar-refractivity contribution is 8.14. The van der Waals surface area contributed by atoms with Gasteiger partial charge in [-0.05, 0) is 37.0 Å². The van der Waals surface area contributed by atoms with Crippen LogP contribution in [-0.2, 0) is 20.8 Å². The first-order valence-corrected chi connectivity index (χ1v) is 14.5. The maximum Gasteiger partial charge on any atom is 0.307 e. The summed E-state index contributed by atoms with van der Waals surface area (Å²) in [5.41, 5.74) is 0.946. The van der Waals surface area contributed by atoms with E-state index in [1.54, 1.807) is 25.8 Å². The third-order valence-electron chi connectivity index (χ3n) is 5.35. The van der Waals surface area contributed by atoms with Crippen molar-refractivity contribution in [2.24, 2.45) is 0 Å². The molecule has 0 bridgehead atoms. The van der Waals surface area contributed by atoms with Crippen LogP contribution in [0.4, 0.5) is 0 Å². The van der Waals surface area contributed by atoms with Gasteiger partial charge < -0.3 is 14.7 Å². The summed E-state index contributed by atoms with van der Waals surface area (Å²) < 4.78 is 5.75. The smallest absolute Gasteiger partial charge is 0.307 e. The zero-order valence-corrected chi connectivity index (χ0v) is 23.4. The van der Waals surface area contributed by atoms with Crippen LogP contribution in [0.15, 0.2) is 29.1 Å². The number of rotatable bonds is 15. The van der Waals surface area contributed by atoms with Crippen LogP contribution in [-0.4, -0.2) is 62.3 Å². The molecular formula is C25H34N2O6S3. The van der Waals surface area contributed by atoms with E-state index in [2.05, 4.69) is 4.98 Å². The van der Waals surface area contributed by atoms with Crippen LogP contribution in [0, 0.1) is 0 Å². The second-order valence-corrected chi connectivity index (χ2v) is 12.2. The Morgan fingerprint density at radius 1 is 1.11 bits per heavy atom. The topological polar surface area (TPSA) is 117 Å². The molecule has 0 saturated heterocycles. The minimum absolute atomic E-state index is 0.0576. The molecule has 8 nitrogen and oxygen atoms in total. The molecule has 2 N–H and O–H groups in total. The zero-order chi connectivity index (χ0) is 26.5. The molecule has 0 aliphatic carbocycles. The number of carbonyl (C=O) groups excluding carboxylic acids is 3. The lowest BCUT2D eigenvalue weighted by Gasteiger charge is -2.18. The number of aromatic hydroxyl groups is 1. The largest absolute Gasteiger partial charge is 0.494 e. The molecule has 1 heterocycles. The summed E-state index contributed by atoms with van der Waals surface area (Å²) in [7, 11) is 1.76. The van der Waals surface area contributed by atoms with Crippen molar-refractivity contribution >= 4 is 51.0 Å². The lowest BCUT2D eigenvalue weighted by molar-refractivity contribution is -0.130. The lowest BCUT2D eigenvalue weighted by atomic mass is 10.1. The van der Waals surface area contributed by atoms with Crippen LogP contribution < -0.4 is 9.61 Å². The molecular weight excluding hydrogens is 520 g/mol. The molecule has 1 aromatic carbocycles. The van der Waals surface area contributed by atoms with Gasteiger partial charge in [0.2, 0.25) is 11.8 Å². The fourth-order valence-corrected chi connectivity index (χ4v) is 6.04. The van der Waals surface area contributed by atoms with Crippen LogP contribution in [0.5, 0.6) is 11.6 Å². The summed E-state index contributed by atoms with van der Waals surface area (Å²) in [6.45, 7) is 3.95. The number of unbranched alkanes of at least 4 members (excludes halogenated alkanes) is 1. The van der Waals surface area contributed by atoms with Crippen LogP contribution >= 0.6 is 34.9 Å². The second-order valence-electron chi connectivity index (χ2n) is 8.38. The molecule has 11 heteroatoms. The van der Waals surface area contributed by atoms with Gasteiger partial charge >= 0.3 is 4.87 Å². The maximum atomic E-state index is 12.4. The Hall–Kier alpha value is -2.24. The first kappa shape index (κ1) is 30.0. The summed E-state index contributed by atoms with van der Waals surface area (Å²) in [4.78, 5) is 50.7. The molecule has 0 radical (unpaired) electrons. The summed E-state index contributed by atoms with van der Waals surface area (Å²) >= 11 is 3.61. The zero-order valence-electron chi connectivity index (χ0n) is 20.9. The Balaban J connectivity index is 1.65. The van der Waals surface area contributed by atoms with Crippen molar-refractivity contribution in [1.29, 1.82) is 0 Å². The number of nitrogens with zero attached hydrogens (tertiary/aromatic N) is 1. The van der Waals surface area contributed by atoms with E-state index in [0.29, 0.717) is 42.4 Å². The van der Waals surface area contributed by atoms with E-state index in [4.69, 9.17) is 4.74 Å². The summed E-state index contributed by atoms with van der Waals surface area (Å²) in [5.74, 6) is 1.37.